The molecule has 6 heteroatoms. The minimum absolute atomic E-state index is 0.0807. The molecule has 0 heterocycles. The van der Waals surface area contributed by atoms with Crippen molar-refractivity contribution in [3.05, 3.63) is 64.1 Å². The Morgan fingerprint density at radius 2 is 1.81 bits per heavy atom. The maximum absolute atomic E-state index is 12.9. The van der Waals surface area contributed by atoms with Crippen molar-refractivity contribution in [3.8, 4) is 5.75 Å². The number of hydrogen-bond donors (Lipinski definition) is 1. The first-order valence-electron chi connectivity index (χ1n) is 8.88. The third-order valence-electron chi connectivity index (χ3n) is 3.71. The number of benzene rings is 2. The smallest absolute Gasteiger partial charge is 0.328 e. The van der Waals surface area contributed by atoms with E-state index in [-0.39, 0.29) is 18.6 Å². The van der Waals surface area contributed by atoms with Gasteiger partial charge in [-0.05, 0) is 44.5 Å². The predicted molar refractivity (Wildman–Crippen MR) is 108 cm³/mol. The van der Waals surface area contributed by atoms with E-state index in [2.05, 4.69) is 21.2 Å². The second-order valence-electron chi connectivity index (χ2n) is 6.27. The lowest BCUT2D eigenvalue weighted by atomic mass is 10.1. The predicted octanol–water partition coefficient (Wildman–Crippen LogP) is 4.14. The number of hydrogen-bond acceptors (Lipinski definition) is 4. The highest BCUT2D eigenvalue weighted by Gasteiger charge is 2.25. The molecule has 0 saturated heterocycles. The van der Waals surface area contributed by atoms with Crippen LogP contribution in [0, 0.1) is 0 Å². The molecule has 1 atom stereocenters. The Bertz CT molecular complexity index is 777. The number of carbonyl (C=O) groups excluding carboxylic acids is 2. The minimum Gasteiger partial charge on any atom is -0.490 e. The van der Waals surface area contributed by atoms with Gasteiger partial charge < -0.3 is 14.8 Å². The van der Waals surface area contributed by atoms with Gasteiger partial charge in [0.1, 0.15) is 11.8 Å². The van der Waals surface area contributed by atoms with Crippen molar-refractivity contribution < 1.29 is 19.1 Å². The summed E-state index contributed by atoms with van der Waals surface area (Å²) in [6.45, 7) is 5.77. The van der Waals surface area contributed by atoms with Crippen LogP contribution in [0.4, 0.5) is 0 Å². The zero-order chi connectivity index (χ0) is 19.8. The van der Waals surface area contributed by atoms with E-state index in [0.717, 1.165) is 10.0 Å². The first-order valence-corrected chi connectivity index (χ1v) is 9.67. The van der Waals surface area contributed by atoms with Gasteiger partial charge in [-0.2, -0.15) is 0 Å². The zero-order valence-corrected chi connectivity index (χ0v) is 17.3. The molecule has 0 fully saturated rings. The lowest BCUT2D eigenvalue weighted by molar-refractivity contribution is -0.145. The van der Waals surface area contributed by atoms with Crippen molar-refractivity contribution in [2.75, 3.05) is 6.61 Å². The van der Waals surface area contributed by atoms with Crippen LogP contribution < -0.4 is 10.1 Å². The number of ether oxygens (including phenoxy) is 2. The molecular weight excluding hydrogens is 410 g/mol. The van der Waals surface area contributed by atoms with Crippen molar-refractivity contribution in [2.24, 2.45) is 0 Å². The van der Waals surface area contributed by atoms with E-state index >= 15 is 0 Å². The largest absolute Gasteiger partial charge is 0.490 e. The van der Waals surface area contributed by atoms with Crippen LogP contribution in [0.3, 0.4) is 0 Å². The topological polar surface area (TPSA) is 64.6 Å². The van der Waals surface area contributed by atoms with Crippen LogP contribution in [-0.4, -0.2) is 30.6 Å². The van der Waals surface area contributed by atoms with Gasteiger partial charge in [0.25, 0.3) is 5.91 Å². The molecule has 0 aliphatic heterocycles. The van der Waals surface area contributed by atoms with Crippen LogP contribution in [0.2, 0.25) is 0 Å². The summed E-state index contributed by atoms with van der Waals surface area (Å²) in [6.07, 6.45) is 0.266. The summed E-state index contributed by atoms with van der Waals surface area (Å²) in [4.78, 5) is 25.3. The summed E-state index contributed by atoms with van der Waals surface area (Å²) in [5, 5.41) is 2.79. The van der Waals surface area contributed by atoms with E-state index in [0.29, 0.717) is 17.7 Å². The Morgan fingerprint density at radius 3 is 2.44 bits per heavy atom. The maximum Gasteiger partial charge on any atom is 0.328 e. The molecule has 1 amide bonds. The Hall–Kier alpha value is -2.34. The Kier molecular flexibility index (Phi) is 7.85. The molecule has 2 aromatic rings. The van der Waals surface area contributed by atoms with Gasteiger partial charge in [0.05, 0.1) is 18.3 Å². The normalized spacial score (nSPS) is 11.7. The lowest BCUT2D eigenvalue weighted by Crippen LogP contribution is -2.43. The van der Waals surface area contributed by atoms with Gasteiger partial charge in [0, 0.05) is 10.9 Å². The average molecular weight is 434 g/mol. The average Bonchev–Trinajstić information content (AvgIpc) is 2.63. The van der Waals surface area contributed by atoms with Crippen molar-refractivity contribution in [2.45, 2.75) is 39.3 Å². The van der Waals surface area contributed by atoms with Crippen molar-refractivity contribution in [3.63, 3.8) is 0 Å². The molecular formula is C21H24BrNO4. The third-order valence-corrected chi connectivity index (χ3v) is 4.20. The number of amides is 1. The summed E-state index contributed by atoms with van der Waals surface area (Å²) in [7, 11) is 0. The van der Waals surface area contributed by atoms with Gasteiger partial charge in [0.15, 0.2) is 0 Å². The molecule has 0 aliphatic carbocycles. The first-order chi connectivity index (χ1) is 12.9. The quantitative estimate of drug-likeness (QED) is 0.635. The fourth-order valence-corrected chi connectivity index (χ4v) is 2.92. The van der Waals surface area contributed by atoms with E-state index in [1.165, 1.54) is 0 Å². The van der Waals surface area contributed by atoms with E-state index < -0.39 is 12.0 Å². The monoisotopic (exact) mass is 433 g/mol. The zero-order valence-electron chi connectivity index (χ0n) is 15.7. The number of rotatable bonds is 8. The highest BCUT2D eigenvalue weighted by Crippen LogP contribution is 2.24. The summed E-state index contributed by atoms with van der Waals surface area (Å²) in [5.74, 6) is -0.384. The summed E-state index contributed by atoms with van der Waals surface area (Å²) < 4.78 is 11.6. The van der Waals surface area contributed by atoms with Crippen LogP contribution in [0.1, 0.15) is 36.7 Å². The number of halogens is 1. The molecule has 0 saturated carbocycles. The van der Waals surface area contributed by atoms with E-state index in [1.54, 1.807) is 25.1 Å². The molecule has 1 N–H and O–H groups in total. The Morgan fingerprint density at radius 1 is 1.11 bits per heavy atom. The van der Waals surface area contributed by atoms with Crippen molar-refractivity contribution >= 4 is 27.8 Å². The fraction of sp³-hybridized carbons (Fsp3) is 0.333. The SMILES string of the molecule is CCOC(=O)C(Cc1ccccc1)NC(=O)c1cc(Br)ccc1OC(C)C. The second kappa shape index (κ2) is 10.1. The standard InChI is InChI=1S/C21H24BrNO4/c1-4-26-21(25)18(12-15-8-6-5-7-9-15)23-20(24)17-13-16(22)10-11-19(17)27-14(2)3/h5-11,13-14,18H,4,12H2,1-3H3,(H,23,24). The lowest BCUT2D eigenvalue weighted by Gasteiger charge is -2.19. The van der Waals surface area contributed by atoms with Gasteiger partial charge in [-0.25, -0.2) is 4.79 Å². The van der Waals surface area contributed by atoms with Crippen LogP contribution >= 0.6 is 15.9 Å². The van der Waals surface area contributed by atoms with Crippen molar-refractivity contribution in [1.82, 2.24) is 5.32 Å². The van der Waals surface area contributed by atoms with Crippen LogP contribution in [0.25, 0.3) is 0 Å². The number of carbonyl (C=O) groups is 2. The molecule has 1 unspecified atom stereocenters. The fourth-order valence-electron chi connectivity index (χ4n) is 2.56. The number of esters is 1. The summed E-state index contributed by atoms with van der Waals surface area (Å²) >= 11 is 3.38. The highest BCUT2D eigenvalue weighted by atomic mass is 79.9. The van der Waals surface area contributed by atoms with E-state index in [4.69, 9.17) is 9.47 Å². The Balaban J connectivity index is 2.24. The molecule has 2 rings (SSSR count). The second-order valence-corrected chi connectivity index (χ2v) is 7.19. The highest BCUT2D eigenvalue weighted by molar-refractivity contribution is 9.10. The molecule has 0 spiro atoms. The van der Waals surface area contributed by atoms with E-state index in [1.807, 2.05) is 44.2 Å². The van der Waals surface area contributed by atoms with E-state index in [9.17, 15) is 9.59 Å². The van der Waals surface area contributed by atoms with Gasteiger partial charge in [-0.3, -0.25) is 4.79 Å². The third kappa shape index (κ3) is 6.40. The summed E-state index contributed by atoms with van der Waals surface area (Å²) in [6, 6.07) is 13.9. The number of nitrogens with one attached hydrogen (secondary N) is 1. The van der Waals surface area contributed by atoms with Gasteiger partial charge in [-0.1, -0.05) is 46.3 Å². The van der Waals surface area contributed by atoms with Gasteiger partial charge in [0.2, 0.25) is 0 Å². The van der Waals surface area contributed by atoms with Gasteiger partial charge >= 0.3 is 5.97 Å². The molecule has 0 aromatic heterocycles. The molecule has 27 heavy (non-hydrogen) atoms. The Labute approximate surface area is 168 Å². The minimum atomic E-state index is -0.786. The maximum atomic E-state index is 12.9. The van der Waals surface area contributed by atoms with Gasteiger partial charge in [-0.15, -0.1) is 0 Å². The molecule has 5 nitrogen and oxygen atoms in total. The van der Waals surface area contributed by atoms with Crippen LogP contribution in [0.5, 0.6) is 5.75 Å². The van der Waals surface area contributed by atoms with Crippen molar-refractivity contribution in [1.29, 1.82) is 0 Å². The molecule has 0 bridgehead atoms. The van der Waals surface area contributed by atoms with Crippen LogP contribution in [-0.2, 0) is 16.0 Å². The molecule has 2 aromatic carbocycles. The summed E-state index contributed by atoms with van der Waals surface area (Å²) in [5.41, 5.74) is 1.30. The van der Waals surface area contributed by atoms with Crippen LogP contribution in [0.15, 0.2) is 53.0 Å². The first kappa shape index (κ1) is 21.0. The molecule has 0 radical (unpaired) electrons. The molecule has 0 aliphatic rings. The molecule has 144 valence electrons.